The molecule has 0 unspecified atom stereocenters. The number of para-hydroxylation sites is 2. The molecule has 0 aliphatic carbocycles. The molecule has 44 heavy (non-hydrogen) atoms. The highest BCUT2D eigenvalue weighted by molar-refractivity contribution is 5.81. The lowest BCUT2D eigenvalue weighted by molar-refractivity contribution is -0.383. The molecule has 0 radical (unpaired) electrons. The lowest BCUT2D eigenvalue weighted by Gasteiger charge is -2.12. The van der Waals surface area contributed by atoms with Gasteiger partial charge in [0.15, 0.2) is 0 Å². The average molecular weight is 579 g/mol. The Kier molecular flexibility index (Phi) is 9.32. The van der Waals surface area contributed by atoms with Gasteiger partial charge in [-0.1, -0.05) is 91.0 Å². The second kappa shape index (κ2) is 13.9. The van der Waals surface area contributed by atoms with E-state index in [-0.39, 0.29) is 10.6 Å². The molecule has 0 saturated carbocycles. The summed E-state index contributed by atoms with van der Waals surface area (Å²) in [7, 11) is 0. The zero-order chi connectivity index (χ0) is 30.9. The second-order valence-corrected chi connectivity index (χ2v) is 10.4. The van der Waals surface area contributed by atoms with E-state index in [0.717, 1.165) is 39.4 Å². The topological polar surface area (TPSA) is 93.2 Å². The maximum absolute atomic E-state index is 11.3. The quantitative estimate of drug-likeness (QED) is 0.0995. The minimum absolute atomic E-state index is 0.0613. The lowest BCUT2D eigenvalue weighted by atomic mass is 9.99. The van der Waals surface area contributed by atoms with E-state index in [2.05, 4.69) is 54.0 Å². The Morgan fingerprint density at radius 2 is 0.977 bits per heavy atom. The van der Waals surface area contributed by atoms with Crippen LogP contribution in [0.15, 0.2) is 146 Å². The molecule has 0 saturated heterocycles. The van der Waals surface area contributed by atoms with Gasteiger partial charge in [0.1, 0.15) is 5.69 Å². The van der Waals surface area contributed by atoms with Crippen molar-refractivity contribution in [3.8, 4) is 22.3 Å². The summed E-state index contributed by atoms with van der Waals surface area (Å²) in [5.41, 5.74) is 17.0. The third kappa shape index (κ3) is 7.30. The van der Waals surface area contributed by atoms with Gasteiger partial charge in [-0.2, -0.15) is 0 Å². The number of nitrogens with zero attached hydrogens (tertiary/aromatic N) is 1. The van der Waals surface area contributed by atoms with Gasteiger partial charge < -0.3 is 16.4 Å². The van der Waals surface area contributed by atoms with E-state index in [0.29, 0.717) is 5.69 Å². The van der Waals surface area contributed by atoms with Crippen molar-refractivity contribution < 1.29 is 4.92 Å². The van der Waals surface area contributed by atoms with E-state index < -0.39 is 0 Å². The molecular weight excluding hydrogens is 544 g/mol. The Morgan fingerprint density at radius 3 is 1.48 bits per heavy atom. The van der Waals surface area contributed by atoms with Crippen LogP contribution < -0.4 is 16.4 Å². The average Bonchev–Trinajstić information content (AvgIpc) is 3.04. The predicted octanol–water partition coefficient (Wildman–Crippen LogP) is 10.3. The summed E-state index contributed by atoms with van der Waals surface area (Å²) in [5.74, 6) is 0. The fraction of sp³-hybridized carbons (Fsp3) is 0.0526. The van der Waals surface area contributed by atoms with Crippen LogP contribution >= 0.6 is 0 Å². The van der Waals surface area contributed by atoms with Gasteiger partial charge in [0.25, 0.3) is 5.69 Å². The smallest absolute Gasteiger partial charge is 0.292 e. The maximum Gasteiger partial charge on any atom is 0.292 e. The van der Waals surface area contributed by atoms with Gasteiger partial charge in [0.2, 0.25) is 0 Å². The third-order valence-corrected chi connectivity index (χ3v) is 7.26. The van der Waals surface area contributed by atoms with Gasteiger partial charge in [0.05, 0.1) is 16.3 Å². The second-order valence-electron chi connectivity index (χ2n) is 10.4. The molecule has 0 spiro atoms. The third-order valence-electron chi connectivity index (χ3n) is 7.26. The lowest BCUT2D eigenvalue weighted by Crippen LogP contribution is -1.97. The van der Waals surface area contributed by atoms with Crippen molar-refractivity contribution in [3.05, 3.63) is 167 Å². The van der Waals surface area contributed by atoms with Crippen LogP contribution in [0.25, 0.3) is 22.3 Å². The number of nitrogens with two attached hydrogens (primary N) is 1. The highest BCUT2D eigenvalue weighted by Crippen LogP contribution is 2.34. The van der Waals surface area contributed by atoms with E-state index in [9.17, 15) is 10.1 Å². The van der Waals surface area contributed by atoms with Crippen LogP contribution in [-0.4, -0.2) is 4.92 Å². The number of aryl methyl sites for hydroxylation is 2. The molecule has 0 bridgehead atoms. The zero-order valence-electron chi connectivity index (χ0n) is 24.7. The van der Waals surface area contributed by atoms with Gasteiger partial charge in [-0.25, -0.2) is 0 Å². The monoisotopic (exact) mass is 578 g/mol. The molecule has 218 valence electrons. The first-order valence-corrected chi connectivity index (χ1v) is 14.3. The number of nitrogen functional groups attached to an aromatic ring is 1. The molecule has 0 aliphatic heterocycles. The van der Waals surface area contributed by atoms with Crippen molar-refractivity contribution in [2.24, 2.45) is 0 Å². The van der Waals surface area contributed by atoms with E-state index in [1.54, 1.807) is 12.1 Å². The van der Waals surface area contributed by atoms with Crippen LogP contribution in [-0.2, 0) is 0 Å². The first-order valence-electron chi connectivity index (χ1n) is 14.3. The Bertz CT molecular complexity index is 1870. The van der Waals surface area contributed by atoms with Crippen molar-refractivity contribution in [2.75, 3.05) is 16.4 Å². The molecule has 0 amide bonds. The molecule has 0 atom stereocenters. The van der Waals surface area contributed by atoms with Crippen molar-refractivity contribution in [1.29, 1.82) is 0 Å². The Hall–Kier alpha value is -5.88. The number of benzene rings is 6. The highest BCUT2D eigenvalue weighted by atomic mass is 16.6. The normalized spacial score (nSPS) is 10.3. The van der Waals surface area contributed by atoms with Gasteiger partial charge in [-0.3, -0.25) is 10.1 Å². The minimum Gasteiger partial charge on any atom is -0.397 e. The van der Waals surface area contributed by atoms with Crippen molar-refractivity contribution in [2.45, 2.75) is 13.8 Å². The SMILES string of the molecule is Cc1ccccc1-c1ccc(N)c(Nc2ccccc2)c1.Cc1ccccc1-c1ccc([N+](=O)[O-])c(Nc2ccccc2)c1. The Morgan fingerprint density at radius 1 is 0.545 bits per heavy atom. The predicted molar refractivity (Wildman–Crippen MR) is 184 cm³/mol. The maximum atomic E-state index is 11.3. The summed E-state index contributed by atoms with van der Waals surface area (Å²) in [4.78, 5) is 10.9. The number of nitro groups is 1. The van der Waals surface area contributed by atoms with Crippen molar-refractivity contribution >= 4 is 34.1 Å². The molecular formula is C38H34N4O2. The van der Waals surface area contributed by atoms with E-state index in [4.69, 9.17) is 5.73 Å². The van der Waals surface area contributed by atoms with Gasteiger partial charge in [-0.05, 0) is 95.8 Å². The van der Waals surface area contributed by atoms with E-state index in [1.807, 2.05) is 104 Å². The molecule has 6 rings (SSSR count). The fourth-order valence-corrected chi connectivity index (χ4v) is 4.94. The van der Waals surface area contributed by atoms with Crippen LogP contribution in [0.3, 0.4) is 0 Å². The highest BCUT2D eigenvalue weighted by Gasteiger charge is 2.15. The van der Waals surface area contributed by atoms with Crippen LogP contribution in [0.4, 0.5) is 34.1 Å². The molecule has 6 heteroatoms. The van der Waals surface area contributed by atoms with Crippen LogP contribution in [0, 0.1) is 24.0 Å². The standard InChI is InChI=1S/C19H16N2O2.C19H18N2/c1-14-7-5-6-10-17(14)15-11-12-19(21(22)23)18(13-15)20-16-8-3-2-4-9-16;1-14-7-5-6-10-17(14)15-11-12-18(20)19(13-15)21-16-8-3-2-4-9-16/h2-13,20H,1H3;2-13,21H,20H2,1H3. The number of anilines is 5. The summed E-state index contributed by atoms with van der Waals surface area (Å²) in [6, 6.07) is 47.1. The number of hydrogen-bond donors (Lipinski definition) is 3. The molecule has 0 aliphatic rings. The molecule has 0 heterocycles. The first kappa shape index (κ1) is 29.6. The van der Waals surface area contributed by atoms with Gasteiger partial charge in [0, 0.05) is 17.4 Å². The number of hydrogen-bond acceptors (Lipinski definition) is 5. The summed E-state index contributed by atoms with van der Waals surface area (Å²) in [6.07, 6.45) is 0. The van der Waals surface area contributed by atoms with Crippen LogP contribution in [0.2, 0.25) is 0 Å². The number of nitrogens with one attached hydrogen (secondary N) is 2. The first-order chi connectivity index (χ1) is 21.4. The number of nitro benzene ring substituents is 1. The molecule has 0 fully saturated rings. The van der Waals surface area contributed by atoms with E-state index in [1.165, 1.54) is 16.7 Å². The van der Waals surface area contributed by atoms with Crippen LogP contribution in [0.5, 0.6) is 0 Å². The number of rotatable bonds is 7. The van der Waals surface area contributed by atoms with E-state index >= 15 is 0 Å². The molecule has 6 aromatic rings. The zero-order valence-corrected chi connectivity index (χ0v) is 24.7. The largest absolute Gasteiger partial charge is 0.397 e. The van der Waals surface area contributed by atoms with Crippen LogP contribution in [0.1, 0.15) is 11.1 Å². The summed E-state index contributed by atoms with van der Waals surface area (Å²) in [6.45, 7) is 4.15. The molecule has 6 nitrogen and oxygen atoms in total. The van der Waals surface area contributed by atoms with Crippen molar-refractivity contribution in [3.63, 3.8) is 0 Å². The van der Waals surface area contributed by atoms with Gasteiger partial charge in [-0.15, -0.1) is 0 Å². The summed E-state index contributed by atoms with van der Waals surface area (Å²) >= 11 is 0. The summed E-state index contributed by atoms with van der Waals surface area (Å²) in [5, 5.41) is 17.8. The minimum atomic E-state index is -0.368. The van der Waals surface area contributed by atoms with Crippen molar-refractivity contribution in [1.82, 2.24) is 0 Å². The van der Waals surface area contributed by atoms with Gasteiger partial charge >= 0.3 is 0 Å². The Balaban J connectivity index is 0.000000175. The molecule has 6 aromatic carbocycles. The molecule has 0 aromatic heterocycles. The Labute approximate surface area is 258 Å². The molecule has 4 N–H and O–H groups in total. The fourth-order valence-electron chi connectivity index (χ4n) is 4.94. The summed E-state index contributed by atoms with van der Waals surface area (Å²) < 4.78 is 0.